The third kappa shape index (κ3) is 1.05. The van der Waals surface area contributed by atoms with Gasteiger partial charge in [0.1, 0.15) is 11.7 Å². The summed E-state index contributed by atoms with van der Waals surface area (Å²) < 4.78 is 13.5. The summed E-state index contributed by atoms with van der Waals surface area (Å²) in [6.45, 7) is 1.99. The van der Waals surface area contributed by atoms with Crippen LogP contribution in [0.4, 0.5) is 4.39 Å². The minimum Gasteiger partial charge on any atom is -0.387 e. The van der Waals surface area contributed by atoms with Crippen molar-refractivity contribution in [2.75, 3.05) is 0 Å². The van der Waals surface area contributed by atoms with E-state index in [1.165, 1.54) is 6.07 Å². The summed E-state index contributed by atoms with van der Waals surface area (Å²) in [5.41, 5.74) is 5.59. The fraction of sp³-hybridized carbons (Fsp3) is 0.364. The Labute approximate surface area is 82.4 Å². The molecule has 3 heteroatoms. The molecule has 2 unspecified atom stereocenters. The van der Waals surface area contributed by atoms with Crippen LogP contribution in [0.25, 0.3) is 0 Å². The zero-order chi connectivity index (χ0) is 10.3. The predicted octanol–water partition coefficient (Wildman–Crippen LogP) is 2.04. The fourth-order valence-electron chi connectivity index (χ4n) is 2.14. The van der Waals surface area contributed by atoms with E-state index >= 15 is 0 Å². The summed E-state index contributed by atoms with van der Waals surface area (Å²) in [4.78, 5) is 0. The quantitative estimate of drug-likeness (QED) is 0.546. The highest BCUT2D eigenvalue weighted by Gasteiger charge is 2.56. The number of nitrogens with one attached hydrogen (secondary N) is 1. The summed E-state index contributed by atoms with van der Waals surface area (Å²) in [5.74, 6) is 0.0963. The second kappa shape index (κ2) is 2.80. The van der Waals surface area contributed by atoms with Crippen molar-refractivity contribution in [3.8, 4) is 0 Å². The summed E-state index contributed by atoms with van der Waals surface area (Å²) in [6.07, 6.45) is 0.781. The Morgan fingerprint density at radius 1 is 1.57 bits per heavy atom. The van der Waals surface area contributed by atoms with E-state index in [-0.39, 0.29) is 17.6 Å². The molecule has 0 aromatic heterocycles. The lowest BCUT2D eigenvalue weighted by Crippen LogP contribution is -2.30. The molecule has 0 aliphatic heterocycles. The number of rotatable bonds is 2. The van der Waals surface area contributed by atoms with Crippen LogP contribution in [0.1, 0.15) is 18.9 Å². The number of hydrogen-bond acceptors (Lipinski definition) is 1. The molecule has 2 rings (SSSR count). The Bertz CT molecular complexity index is 389. The molecule has 0 bridgehead atoms. The topological polar surface area (TPSA) is 49.9 Å². The predicted molar refractivity (Wildman–Crippen MR) is 53.8 cm³/mol. The third-order valence-electron chi connectivity index (χ3n) is 3.14. The van der Waals surface area contributed by atoms with Gasteiger partial charge in [-0.2, -0.15) is 0 Å². The van der Waals surface area contributed by atoms with E-state index in [1.54, 1.807) is 18.2 Å². The summed E-state index contributed by atoms with van der Waals surface area (Å²) in [7, 11) is 0. The first-order chi connectivity index (χ1) is 6.59. The van der Waals surface area contributed by atoms with Crippen LogP contribution in [-0.2, 0) is 5.41 Å². The highest BCUT2D eigenvalue weighted by Crippen LogP contribution is 2.54. The van der Waals surface area contributed by atoms with Crippen LogP contribution in [0, 0.1) is 17.1 Å². The Balaban J connectivity index is 2.49. The van der Waals surface area contributed by atoms with Crippen molar-refractivity contribution in [3.63, 3.8) is 0 Å². The lowest BCUT2D eigenvalue weighted by molar-refractivity contribution is 0.594. The molecule has 0 radical (unpaired) electrons. The van der Waals surface area contributed by atoms with Gasteiger partial charge in [-0.15, -0.1) is 0 Å². The van der Waals surface area contributed by atoms with Crippen molar-refractivity contribution < 1.29 is 4.39 Å². The van der Waals surface area contributed by atoms with Crippen molar-refractivity contribution in [1.82, 2.24) is 0 Å². The van der Waals surface area contributed by atoms with Crippen LogP contribution >= 0.6 is 0 Å². The Morgan fingerprint density at radius 2 is 2.14 bits per heavy atom. The number of benzene rings is 1. The minimum atomic E-state index is -0.522. The lowest BCUT2D eigenvalue weighted by atomic mass is 9.92. The van der Waals surface area contributed by atoms with Crippen molar-refractivity contribution in [3.05, 3.63) is 35.6 Å². The van der Waals surface area contributed by atoms with E-state index in [2.05, 4.69) is 0 Å². The summed E-state index contributed by atoms with van der Waals surface area (Å²) in [5, 5.41) is 7.54. The SMILES string of the molecule is CC1CC1(C(=N)N)c1ccccc1F. The average molecular weight is 192 g/mol. The first-order valence-electron chi connectivity index (χ1n) is 4.68. The van der Waals surface area contributed by atoms with E-state index in [0.717, 1.165) is 6.42 Å². The Hall–Kier alpha value is -1.38. The van der Waals surface area contributed by atoms with E-state index in [1.807, 2.05) is 6.92 Å². The van der Waals surface area contributed by atoms with E-state index in [9.17, 15) is 4.39 Å². The number of hydrogen-bond donors (Lipinski definition) is 2. The number of amidine groups is 1. The molecule has 14 heavy (non-hydrogen) atoms. The fourth-order valence-corrected chi connectivity index (χ4v) is 2.14. The zero-order valence-corrected chi connectivity index (χ0v) is 8.05. The van der Waals surface area contributed by atoms with Crippen molar-refractivity contribution in [2.45, 2.75) is 18.8 Å². The molecular weight excluding hydrogens is 179 g/mol. The molecule has 1 aromatic carbocycles. The maximum absolute atomic E-state index is 13.5. The Morgan fingerprint density at radius 3 is 2.57 bits per heavy atom. The highest BCUT2D eigenvalue weighted by molar-refractivity contribution is 5.92. The molecule has 1 aliphatic rings. The number of halogens is 1. The minimum absolute atomic E-state index is 0.0788. The maximum Gasteiger partial charge on any atom is 0.127 e. The summed E-state index contributed by atoms with van der Waals surface area (Å²) in [6, 6.07) is 6.58. The standard InChI is InChI=1S/C11H13FN2/c1-7-6-11(7,10(13)14)8-4-2-3-5-9(8)12/h2-5,7H,6H2,1H3,(H3,13,14). The van der Waals surface area contributed by atoms with Gasteiger partial charge >= 0.3 is 0 Å². The molecule has 0 amide bonds. The molecular formula is C11H13FN2. The molecule has 74 valence electrons. The smallest absolute Gasteiger partial charge is 0.127 e. The molecule has 2 atom stereocenters. The second-order valence-corrected chi connectivity index (χ2v) is 3.97. The van der Waals surface area contributed by atoms with Gasteiger partial charge in [-0.25, -0.2) is 4.39 Å². The lowest BCUT2D eigenvalue weighted by Gasteiger charge is -2.15. The number of nitrogens with two attached hydrogens (primary N) is 1. The van der Waals surface area contributed by atoms with Crippen LogP contribution in [0.15, 0.2) is 24.3 Å². The van der Waals surface area contributed by atoms with Gasteiger partial charge in [0.25, 0.3) is 0 Å². The van der Waals surface area contributed by atoms with Crippen LogP contribution < -0.4 is 5.73 Å². The molecule has 3 N–H and O–H groups in total. The van der Waals surface area contributed by atoms with Gasteiger partial charge < -0.3 is 5.73 Å². The monoisotopic (exact) mass is 192 g/mol. The summed E-state index contributed by atoms with van der Waals surface area (Å²) >= 11 is 0. The zero-order valence-electron chi connectivity index (χ0n) is 8.05. The maximum atomic E-state index is 13.5. The van der Waals surface area contributed by atoms with Crippen molar-refractivity contribution in [1.29, 1.82) is 5.41 Å². The van der Waals surface area contributed by atoms with Crippen LogP contribution in [0.5, 0.6) is 0 Å². The molecule has 1 saturated carbocycles. The van der Waals surface area contributed by atoms with Crippen LogP contribution in [0.3, 0.4) is 0 Å². The molecule has 1 fully saturated rings. The van der Waals surface area contributed by atoms with E-state index < -0.39 is 5.41 Å². The first kappa shape index (κ1) is 9.19. The second-order valence-electron chi connectivity index (χ2n) is 3.97. The van der Waals surface area contributed by atoms with Gasteiger partial charge in [0.2, 0.25) is 0 Å². The first-order valence-corrected chi connectivity index (χ1v) is 4.68. The molecule has 1 aromatic rings. The third-order valence-corrected chi connectivity index (χ3v) is 3.14. The molecule has 2 nitrogen and oxygen atoms in total. The Kier molecular flexibility index (Phi) is 1.84. The molecule has 0 heterocycles. The molecule has 0 spiro atoms. The highest BCUT2D eigenvalue weighted by atomic mass is 19.1. The van der Waals surface area contributed by atoms with Gasteiger partial charge in [-0.05, 0) is 18.4 Å². The largest absolute Gasteiger partial charge is 0.387 e. The van der Waals surface area contributed by atoms with Crippen molar-refractivity contribution in [2.24, 2.45) is 11.7 Å². The molecule has 0 saturated heterocycles. The van der Waals surface area contributed by atoms with Gasteiger partial charge in [0.05, 0.1) is 5.41 Å². The van der Waals surface area contributed by atoms with Gasteiger partial charge in [0.15, 0.2) is 0 Å². The van der Waals surface area contributed by atoms with Crippen LogP contribution in [-0.4, -0.2) is 5.84 Å². The normalized spacial score (nSPS) is 30.0. The van der Waals surface area contributed by atoms with Gasteiger partial charge in [-0.3, -0.25) is 5.41 Å². The van der Waals surface area contributed by atoms with Crippen molar-refractivity contribution >= 4 is 5.84 Å². The van der Waals surface area contributed by atoms with Gasteiger partial charge in [0, 0.05) is 5.56 Å². The van der Waals surface area contributed by atoms with Gasteiger partial charge in [-0.1, -0.05) is 25.1 Å². The average Bonchev–Trinajstić information content (AvgIpc) is 2.79. The van der Waals surface area contributed by atoms with E-state index in [4.69, 9.17) is 11.1 Å². The molecule has 1 aliphatic carbocycles. The van der Waals surface area contributed by atoms with E-state index in [0.29, 0.717) is 5.56 Å². The van der Waals surface area contributed by atoms with Crippen LogP contribution in [0.2, 0.25) is 0 Å².